The molecular weight excluding hydrogens is 450 g/mol. The molecule has 2 aliphatic rings. The number of carbonyl (C=O) groups excluding carboxylic acids is 1. The van der Waals surface area contributed by atoms with E-state index in [4.69, 9.17) is 18.9 Å². The van der Waals surface area contributed by atoms with Crippen molar-refractivity contribution < 1.29 is 33.6 Å². The Morgan fingerprint density at radius 2 is 1.66 bits per heavy atom. The Kier molecular flexibility index (Phi) is 5.94. The average Bonchev–Trinajstić information content (AvgIpc) is 3.46. The largest absolute Gasteiger partial charge is 0.497 e. The molecule has 5 rings (SSSR count). The number of carboxylic acids is 1. The summed E-state index contributed by atoms with van der Waals surface area (Å²) in [4.78, 5) is 28.3. The van der Waals surface area contributed by atoms with E-state index in [1.165, 1.54) is 0 Å². The first-order valence-corrected chi connectivity index (χ1v) is 11.2. The predicted octanol–water partition coefficient (Wildman–Crippen LogP) is 4.00. The lowest BCUT2D eigenvalue weighted by Crippen LogP contribution is -2.30. The van der Waals surface area contributed by atoms with Crippen LogP contribution in [0, 0.1) is 5.92 Å². The molecule has 1 N–H and O–H groups in total. The van der Waals surface area contributed by atoms with Crippen LogP contribution < -0.4 is 18.9 Å². The minimum atomic E-state index is -1.05. The van der Waals surface area contributed by atoms with Crippen LogP contribution in [0.4, 0.5) is 0 Å². The third-order valence-corrected chi connectivity index (χ3v) is 6.57. The quantitative estimate of drug-likeness (QED) is 0.552. The number of hydrogen-bond acceptors (Lipinski definition) is 6. The number of hydrogen-bond donors (Lipinski definition) is 1. The van der Waals surface area contributed by atoms with Gasteiger partial charge in [-0.25, -0.2) is 0 Å². The van der Waals surface area contributed by atoms with E-state index in [1.54, 1.807) is 49.5 Å². The number of benzene rings is 3. The topological polar surface area (TPSA) is 94.5 Å². The second-order valence-electron chi connectivity index (χ2n) is 8.49. The maximum Gasteiger partial charge on any atom is 0.310 e. The van der Waals surface area contributed by atoms with Crippen molar-refractivity contribution in [3.63, 3.8) is 0 Å². The lowest BCUT2D eigenvalue weighted by atomic mass is 9.82. The van der Waals surface area contributed by atoms with Crippen LogP contribution in [0.1, 0.15) is 28.7 Å². The number of amides is 1. The van der Waals surface area contributed by atoms with Gasteiger partial charge in [0.1, 0.15) is 11.5 Å². The van der Waals surface area contributed by atoms with Crippen LogP contribution in [0.25, 0.3) is 0 Å². The van der Waals surface area contributed by atoms with Gasteiger partial charge in [0.2, 0.25) is 12.7 Å². The van der Waals surface area contributed by atoms with E-state index < -0.39 is 23.8 Å². The molecular formula is C27H25NO7. The van der Waals surface area contributed by atoms with Crippen LogP contribution in [-0.2, 0) is 16.1 Å². The first kappa shape index (κ1) is 22.6. The van der Waals surface area contributed by atoms with E-state index >= 15 is 0 Å². The summed E-state index contributed by atoms with van der Waals surface area (Å²) in [5, 5.41) is 10.4. The number of rotatable bonds is 7. The second kappa shape index (κ2) is 9.21. The van der Waals surface area contributed by atoms with Gasteiger partial charge in [0, 0.05) is 6.54 Å². The molecule has 180 valence electrons. The molecule has 1 saturated heterocycles. The molecule has 3 aromatic rings. The van der Waals surface area contributed by atoms with Crippen LogP contribution in [-0.4, -0.2) is 42.9 Å². The van der Waals surface area contributed by atoms with Crippen molar-refractivity contribution in [1.29, 1.82) is 0 Å². The Bertz CT molecular complexity index is 1260. The summed E-state index contributed by atoms with van der Waals surface area (Å²) in [6.07, 6.45) is 0. The first-order chi connectivity index (χ1) is 17.0. The van der Waals surface area contributed by atoms with Gasteiger partial charge < -0.3 is 29.0 Å². The third kappa shape index (κ3) is 4.12. The van der Waals surface area contributed by atoms with E-state index in [2.05, 4.69) is 0 Å². The highest BCUT2D eigenvalue weighted by Crippen LogP contribution is 2.49. The fourth-order valence-electron chi connectivity index (χ4n) is 4.91. The van der Waals surface area contributed by atoms with Gasteiger partial charge in [-0.15, -0.1) is 0 Å². The Balaban J connectivity index is 1.60. The molecule has 0 spiro atoms. The molecule has 0 unspecified atom stereocenters. The number of fused-ring (bicyclic) bond motifs is 1. The highest BCUT2D eigenvalue weighted by Gasteiger charge is 2.53. The standard InChI is InChI=1S/C27H25NO7/c1-32-19-9-6-17(7-10-19)25-24(27(30)31)23(18-8-11-21-22(13-18)35-15-34-21)26(29)28(25)14-16-4-3-5-20(12-16)33-2/h3-13,23-25H,14-15H2,1-2H3,(H,30,31)/t23-,24+,25-/m1/s1. The van der Waals surface area contributed by atoms with E-state index in [1.807, 2.05) is 36.4 Å². The smallest absolute Gasteiger partial charge is 0.310 e. The predicted molar refractivity (Wildman–Crippen MR) is 126 cm³/mol. The summed E-state index contributed by atoms with van der Waals surface area (Å²) in [5.41, 5.74) is 2.14. The summed E-state index contributed by atoms with van der Waals surface area (Å²) in [5.74, 6) is -0.817. The molecule has 2 heterocycles. The van der Waals surface area contributed by atoms with Crippen molar-refractivity contribution in [1.82, 2.24) is 4.90 Å². The van der Waals surface area contributed by atoms with Gasteiger partial charge in [-0.05, 0) is 53.1 Å². The van der Waals surface area contributed by atoms with Crippen molar-refractivity contribution in [2.75, 3.05) is 21.0 Å². The lowest BCUT2D eigenvalue weighted by molar-refractivity contribution is -0.143. The summed E-state index contributed by atoms with van der Waals surface area (Å²) in [7, 11) is 3.15. The Hall–Kier alpha value is -4.20. The van der Waals surface area contributed by atoms with Crippen LogP contribution in [0.5, 0.6) is 23.0 Å². The number of carbonyl (C=O) groups is 2. The minimum Gasteiger partial charge on any atom is -0.497 e. The number of likely N-dealkylation sites (tertiary alicyclic amines) is 1. The second-order valence-corrected chi connectivity index (χ2v) is 8.49. The van der Waals surface area contributed by atoms with Gasteiger partial charge in [0.05, 0.1) is 32.1 Å². The molecule has 0 radical (unpaired) electrons. The monoisotopic (exact) mass is 475 g/mol. The van der Waals surface area contributed by atoms with E-state index in [-0.39, 0.29) is 19.2 Å². The highest BCUT2D eigenvalue weighted by atomic mass is 16.7. The van der Waals surface area contributed by atoms with Crippen LogP contribution in [0.2, 0.25) is 0 Å². The molecule has 0 aliphatic carbocycles. The molecule has 3 atom stereocenters. The fourth-order valence-corrected chi connectivity index (χ4v) is 4.91. The number of methoxy groups -OCH3 is 2. The maximum absolute atomic E-state index is 13.9. The number of ether oxygens (including phenoxy) is 4. The van der Waals surface area contributed by atoms with Crippen molar-refractivity contribution in [3.05, 3.63) is 83.4 Å². The van der Waals surface area contributed by atoms with Crippen molar-refractivity contribution in [2.45, 2.75) is 18.5 Å². The summed E-state index contributed by atoms with van der Waals surface area (Å²) in [6.45, 7) is 0.327. The molecule has 8 heteroatoms. The Labute approximate surface area is 202 Å². The van der Waals surface area contributed by atoms with Gasteiger partial charge in [-0.2, -0.15) is 0 Å². The van der Waals surface area contributed by atoms with Crippen LogP contribution in [0.15, 0.2) is 66.7 Å². The maximum atomic E-state index is 13.9. The van der Waals surface area contributed by atoms with Gasteiger partial charge in [-0.3, -0.25) is 9.59 Å². The zero-order valence-electron chi connectivity index (χ0n) is 19.3. The molecule has 0 aromatic heterocycles. The van der Waals surface area contributed by atoms with Crippen LogP contribution >= 0.6 is 0 Å². The Morgan fingerprint density at radius 3 is 2.37 bits per heavy atom. The molecule has 35 heavy (non-hydrogen) atoms. The molecule has 3 aromatic carbocycles. The lowest BCUT2D eigenvalue weighted by Gasteiger charge is -2.27. The zero-order valence-corrected chi connectivity index (χ0v) is 19.3. The molecule has 8 nitrogen and oxygen atoms in total. The average molecular weight is 475 g/mol. The highest BCUT2D eigenvalue weighted by molar-refractivity contribution is 5.94. The first-order valence-electron chi connectivity index (χ1n) is 11.2. The van der Waals surface area contributed by atoms with Gasteiger partial charge in [-0.1, -0.05) is 30.3 Å². The van der Waals surface area contributed by atoms with Crippen LogP contribution in [0.3, 0.4) is 0 Å². The van der Waals surface area contributed by atoms with Gasteiger partial charge in [0.25, 0.3) is 0 Å². The van der Waals surface area contributed by atoms with Gasteiger partial charge in [0.15, 0.2) is 11.5 Å². The SMILES string of the molecule is COc1ccc([C@@H]2[C@@H](C(=O)O)[C@@H](c3ccc4c(c3)OCO4)C(=O)N2Cc2cccc(OC)c2)cc1. The van der Waals surface area contributed by atoms with Crippen molar-refractivity contribution in [3.8, 4) is 23.0 Å². The Morgan fingerprint density at radius 1 is 0.943 bits per heavy atom. The van der Waals surface area contributed by atoms with E-state index in [9.17, 15) is 14.7 Å². The molecule has 1 fully saturated rings. The van der Waals surface area contributed by atoms with Crippen molar-refractivity contribution in [2.24, 2.45) is 5.92 Å². The fraction of sp³-hybridized carbons (Fsp3) is 0.259. The number of aliphatic carboxylic acids is 1. The van der Waals surface area contributed by atoms with E-state index in [0.29, 0.717) is 28.6 Å². The molecule has 0 saturated carbocycles. The van der Waals surface area contributed by atoms with Gasteiger partial charge >= 0.3 is 5.97 Å². The summed E-state index contributed by atoms with van der Waals surface area (Å²) < 4.78 is 21.5. The minimum absolute atomic E-state index is 0.0934. The third-order valence-electron chi connectivity index (χ3n) is 6.57. The van der Waals surface area contributed by atoms with Crippen molar-refractivity contribution >= 4 is 11.9 Å². The molecule has 1 amide bonds. The zero-order chi connectivity index (χ0) is 24.5. The number of carboxylic acid groups (broad SMARTS) is 1. The summed E-state index contributed by atoms with van der Waals surface area (Å²) in [6, 6.07) is 19.1. The molecule has 0 bridgehead atoms. The normalized spacial score (nSPS) is 20.7. The van der Waals surface area contributed by atoms with E-state index in [0.717, 1.165) is 11.1 Å². The number of nitrogens with zero attached hydrogens (tertiary/aromatic N) is 1. The summed E-state index contributed by atoms with van der Waals surface area (Å²) >= 11 is 0. The molecule has 2 aliphatic heterocycles.